The Morgan fingerprint density at radius 1 is 1.19 bits per heavy atom. The first-order valence-corrected chi connectivity index (χ1v) is 9.42. The van der Waals surface area contributed by atoms with Crippen molar-refractivity contribution in [1.82, 2.24) is 19.7 Å². The summed E-state index contributed by atoms with van der Waals surface area (Å²) in [6.07, 6.45) is 7.88. The summed E-state index contributed by atoms with van der Waals surface area (Å²) in [5, 5.41) is 8.44. The number of aryl methyl sites for hydroxylation is 1. The van der Waals surface area contributed by atoms with Crippen molar-refractivity contribution < 1.29 is 9.21 Å². The Labute approximate surface area is 152 Å². The lowest BCUT2D eigenvalue weighted by atomic mass is 9.85. The van der Waals surface area contributed by atoms with Crippen LogP contribution in [0.1, 0.15) is 67.8 Å². The Morgan fingerprint density at radius 2 is 2.00 bits per heavy atom. The van der Waals surface area contributed by atoms with Crippen LogP contribution in [0.15, 0.2) is 27.5 Å². The van der Waals surface area contributed by atoms with E-state index in [1.165, 1.54) is 11.0 Å². The zero-order valence-electron chi connectivity index (χ0n) is 15.1. The van der Waals surface area contributed by atoms with Gasteiger partial charge < -0.3 is 13.9 Å². The molecule has 0 spiro atoms. The number of likely N-dealkylation sites (tertiary alicyclic amines) is 1. The fourth-order valence-electron chi connectivity index (χ4n) is 3.71. The number of piperidine rings is 1. The van der Waals surface area contributed by atoms with Gasteiger partial charge in [0.1, 0.15) is 12.6 Å². The quantitative estimate of drug-likeness (QED) is 0.841. The lowest BCUT2D eigenvalue weighted by Crippen LogP contribution is -2.42. The molecule has 0 N–H and O–H groups in total. The molecule has 2 aliphatic rings. The topological polar surface area (TPSA) is 81.2 Å². The number of amides is 1. The standard InChI is InChI=1S/C19H24N4O3/c1-13-6-5-10-22(19(13)25)12-16(24)23-11-3-2-9-15(23)18-21-20-17(26-18)14-7-4-8-14/h5-6,10,14-15H,2-4,7-9,11-12H2,1H3/t15-/m0/s1. The summed E-state index contributed by atoms with van der Waals surface area (Å²) in [7, 11) is 0. The highest BCUT2D eigenvalue weighted by atomic mass is 16.4. The van der Waals surface area contributed by atoms with Crippen molar-refractivity contribution in [3.05, 3.63) is 46.0 Å². The Hall–Kier alpha value is -2.44. The molecule has 0 bridgehead atoms. The third-order valence-corrected chi connectivity index (χ3v) is 5.53. The maximum Gasteiger partial charge on any atom is 0.253 e. The highest BCUT2D eigenvalue weighted by Crippen LogP contribution is 2.37. The molecule has 1 aliphatic carbocycles. The molecule has 1 saturated carbocycles. The number of aromatic nitrogens is 3. The van der Waals surface area contributed by atoms with Gasteiger partial charge >= 0.3 is 0 Å². The summed E-state index contributed by atoms with van der Waals surface area (Å²) >= 11 is 0. The van der Waals surface area contributed by atoms with Gasteiger partial charge in [0, 0.05) is 24.2 Å². The summed E-state index contributed by atoms with van der Waals surface area (Å²) < 4.78 is 7.39. The molecule has 1 atom stereocenters. The number of rotatable bonds is 4. The minimum Gasteiger partial charge on any atom is -0.423 e. The van der Waals surface area contributed by atoms with E-state index in [1.807, 2.05) is 0 Å². The lowest BCUT2D eigenvalue weighted by molar-refractivity contribution is -0.136. The van der Waals surface area contributed by atoms with E-state index in [4.69, 9.17) is 4.42 Å². The average molecular weight is 356 g/mol. The third-order valence-electron chi connectivity index (χ3n) is 5.53. The van der Waals surface area contributed by atoms with Gasteiger partial charge in [-0.05, 0) is 45.1 Å². The normalized spacial score (nSPS) is 20.8. The van der Waals surface area contributed by atoms with Crippen molar-refractivity contribution in [3.63, 3.8) is 0 Å². The van der Waals surface area contributed by atoms with Crippen molar-refractivity contribution in [2.45, 2.75) is 64.0 Å². The summed E-state index contributed by atoms with van der Waals surface area (Å²) in [5.74, 6) is 1.55. The van der Waals surface area contributed by atoms with Gasteiger partial charge in [-0.3, -0.25) is 9.59 Å². The van der Waals surface area contributed by atoms with E-state index in [-0.39, 0.29) is 24.1 Å². The first-order chi connectivity index (χ1) is 12.6. The van der Waals surface area contributed by atoms with E-state index in [9.17, 15) is 9.59 Å². The van der Waals surface area contributed by atoms with Gasteiger partial charge in [0.15, 0.2) is 0 Å². The summed E-state index contributed by atoms with van der Waals surface area (Å²) in [6.45, 7) is 2.46. The van der Waals surface area contributed by atoms with Crippen LogP contribution < -0.4 is 5.56 Å². The third kappa shape index (κ3) is 3.18. The van der Waals surface area contributed by atoms with Gasteiger partial charge in [0.25, 0.3) is 5.56 Å². The fourth-order valence-corrected chi connectivity index (χ4v) is 3.71. The highest BCUT2D eigenvalue weighted by molar-refractivity contribution is 5.76. The first-order valence-electron chi connectivity index (χ1n) is 9.42. The van der Waals surface area contributed by atoms with Crippen LogP contribution in [0, 0.1) is 6.92 Å². The molecule has 1 amide bonds. The van der Waals surface area contributed by atoms with Crippen LogP contribution in [0.2, 0.25) is 0 Å². The molecule has 138 valence electrons. The second-order valence-electron chi connectivity index (χ2n) is 7.33. The Bertz CT molecular complexity index is 852. The molecule has 7 heteroatoms. The van der Waals surface area contributed by atoms with E-state index >= 15 is 0 Å². The van der Waals surface area contributed by atoms with Crippen molar-refractivity contribution in [3.8, 4) is 0 Å². The second kappa shape index (κ2) is 7.05. The number of nitrogens with zero attached hydrogens (tertiary/aromatic N) is 4. The van der Waals surface area contributed by atoms with E-state index in [0.29, 0.717) is 29.8 Å². The van der Waals surface area contributed by atoms with Gasteiger partial charge in [0.2, 0.25) is 17.7 Å². The van der Waals surface area contributed by atoms with Crippen LogP contribution in [0.4, 0.5) is 0 Å². The maximum absolute atomic E-state index is 12.9. The van der Waals surface area contributed by atoms with Crippen LogP contribution in [-0.2, 0) is 11.3 Å². The molecule has 7 nitrogen and oxygen atoms in total. The number of carbonyl (C=O) groups is 1. The highest BCUT2D eigenvalue weighted by Gasteiger charge is 2.33. The number of carbonyl (C=O) groups excluding carboxylic acids is 1. The minimum atomic E-state index is -0.182. The van der Waals surface area contributed by atoms with Gasteiger partial charge in [-0.1, -0.05) is 12.5 Å². The van der Waals surface area contributed by atoms with Crippen molar-refractivity contribution in [2.24, 2.45) is 0 Å². The maximum atomic E-state index is 12.9. The average Bonchev–Trinajstić information content (AvgIpc) is 3.06. The van der Waals surface area contributed by atoms with E-state index in [2.05, 4.69) is 10.2 Å². The Balaban J connectivity index is 1.53. The van der Waals surface area contributed by atoms with Gasteiger partial charge in [0.05, 0.1) is 0 Å². The number of hydrogen-bond donors (Lipinski definition) is 0. The number of pyridine rings is 1. The minimum absolute atomic E-state index is 0.0423. The molecule has 0 radical (unpaired) electrons. The molecule has 0 unspecified atom stereocenters. The largest absolute Gasteiger partial charge is 0.423 e. The van der Waals surface area contributed by atoms with Gasteiger partial charge in [-0.15, -0.1) is 10.2 Å². The molecule has 2 aromatic rings. The predicted octanol–water partition coefficient (Wildman–Crippen LogP) is 2.56. The molecule has 1 saturated heterocycles. The van der Waals surface area contributed by atoms with Gasteiger partial charge in [-0.2, -0.15) is 0 Å². The van der Waals surface area contributed by atoms with Crippen LogP contribution >= 0.6 is 0 Å². The monoisotopic (exact) mass is 356 g/mol. The molecule has 2 aromatic heterocycles. The molecular formula is C19H24N4O3. The smallest absolute Gasteiger partial charge is 0.253 e. The lowest BCUT2D eigenvalue weighted by Gasteiger charge is -2.33. The first kappa shape index (κ1) is 17.0. The number of hydrogen-bond acceptors (Lipinski definition) is 5. The Morgan fingerprint density at radius 3 is 2.77 bits per heavy atom. The van der Waals surface area contributed by atoms with Crippen LogP contribution in [-0.4, -0.2) is 32.1 Å². The van der Waals surface area contributed by atoms with E-state index < -0.39 is 0 Å². The van der Waals surface area contributed by atoms with E-state index in [1.54, 1.807) is 30.2 Å². The van der Waals surface area contributed by atoms with Gasteiger partial charge in [-0.25, -0.2) is 0 Å². The molecule has 2 fully saturated rings. The zero-order chi connectivity index (χ0) is 18.1. The Kier molecular flexibility index (Phi) is 4.61. The zero-order valence-corrected chi connectivity index (χ0v) is 15.1. The van der Waals surface area contributed by atoms with E-state index in [0.717, 1.165) is 32.1 Å². The fraction of sp³-hybridized carbons (Fsp3) is 0.579. The molecule has 3 heterocycles. The van der Waals surface area contributed by atoms with Crippen LogP contribution in [0.25, 0.3) is 0 Å². The summed E-state index contributed by atoms with van der Waals surface area (Å²) in [5.41, 5.74) is 0.511. The summed E-state index contributed by atoms with van der Waals surface area (Å²) in [4.78, 5) is 26.9. The molecular weight excluding hydrogens is 332 g/mol. The predicted molar refractivity (Wildman–Crippen MR) is 94.6 cm³/mol. The SMILES string of the molecule is Cc1cccn(CC(=O)N2CCCC[C@H]2c2nnc(C3CCC3)o2)c1=O. The second-order valence-corrected chi connectivity index (χ2v) is 7.33. The van der Waals surface area contributed by atoms with Crippen molar-refractivity contribution in [2.75, 3.05) is 6.54 Å². The van der Waals surface area contributed by atoms with Crippen LogP contribution in [0.3, 0.4) is 0 Å². The van der Waals surface area contributed by atoms with Crippen LogP contribution in [0.5, 0.6) is 0 Å². The molecule has 4 rings (SSSR count). The van der Waals surface area contributed by atoms with Crippen molar-refractivity contribution >= 4 is 5.91 Å². The van der Waals surface area contributed by atoms with Crippen molar-refractivity contribution in [1.29, 1.82) is 0 Å². The summed E-state index contributed by atoms with van der Waals surface area (Å²) in [6, 6.07) is 3.37. The molecule has 1 aliphatic heterocycles. The molecule has 26 heavy (non-hydrogen) atoms. The molecule has 0 aromatic carbocycles.